The number of carbonyl (C=O) groups excluding carboxylic acids is 1. The van der Waals surface area contributed by atoms with Gasteiger partial charge in [-0.25, -0.2) is 0 Å². The first-order chi connectivity index (χ1) is 8.65. The summed E-state index contributed by atoms with van der Waals surface area (Å²) in [4.78, 5) is 15.9. The quantitative estimate of drug-likeness (QED) is 0.772. The predicted molar refractivity (Wildman–Crippen MR) is 73.6 cm³/mol. The fourth-order valence-electron chi connectivity index (χ4n) is 1.96. The second kappa shape index (κ2) is 5.89. The second-order valence-electron chi connectivity index (χ2n) is 6.44. The molecule has 108 valence electrons. The summed E-state index contributed by atoms with van der Waals surface area (Å²) in [7, 11) is 0. The first kappa shape index (κ1) is 15.9. The number of ether oxygens (including phenoxy) is 1. The van der Waals surface area contributed by atoms with Gasteiger partial charge in [-0.1, -0.05) is 0 Å². The van der Waals surface area contributed by atoms with Crippen LogP contribution in [0.25, 0.3) is 0 Å². The van der Waals surface area contributed by atoms with E-state index in [4.69, 9.17) is 10.00 Å². The Morgan fingerprint density at radius 2 is 1.68 bits per heavy atom. The Bertz CT molecular complexity index is 358. The van der Waals surface area contributed by atoms with Crippen molar-refractivity contribution in [2.45, 2.75) is 45.8 Å². The third-order valence-electron chi connectivity index (χ3n) is 3.33. The number of nitrogens with zero attached hydrogens (tertiary/aromatic N) is 3. The van der Waals surface area contributed by atoms with Crippen LogP contribution < -0.4 is 0 Å². The van der Waals surface area contributed by atoms with Gasteiger partial charge in [-0.15, -0.1) is 0 Å². The Balaban J connectivity index is 2.42. The molecular formula is C14H25N3O2. The van der Waals surface area contributed by atoms with Gasteiger partial charge in [0.1, 0.15) is 12.1 Å². The zero-order chi connectivity index (χ0) is 14.7. The molecule has 0 radical (unpaired) electrons. The molecule has 1 aliphatic rings. The van der Waals surface area contributed by atoms with Crippen LogP contribution in [-0.2, 0) is 9.53 Å². The summed E-state index contributed by atoms with van der Waals surface area (Å²) in [5.74, 6) is 0.0318. The Morgan fingerprint density at radius 3 is 2.11 bits per heavy atom. The first-order valence-electron chi connectivity index (χ1n) is 6.74. The highest BCUT2D eigenvalue weighted by Crippen LogP contribution is 2.16. The van der Waals surface area contributed by atoms with Crippen LogP contribution in [0.3, 0.4) is 0 Å². The molecule has 0 bridgehead atoms. The zero-order valence-corrected chi connectivity index (χ0v) is 12.7. The molecule has 0 N–H and O–H groups in total. The molecule has 0 aliphatic carbocycles. The van der Waals surface area contributed by atoms with Crippen molar-refractivity contribution in [3.63, 3.8) is 0 Å². The molecule has 19 heavy (non-hydrogen) atoms. The molecule has 1 rings (SSSR count). The maximum atomic E-state index is 12.0. The molecule has 0 saturated carbocycles. The average molecular weight is 267 g/mol. The molecule has 1 saturated heterocycles. The number of hydrogen-bond donors (Lipinski definition) is 0. The summed E-state index contributed by atoms with van der Waals surface area (Å²) in [6.07, 6.45) is 0. The molecule has 5 nitrogen and oxygen atoms in total. The zero-order valence-electron chi connectivity index (χ0n) is 12.7. The van der Waals surface area contributed by atoms with Crippen LogP contribution in [-0.4, -0.2) is 59.6 Å². The van der Waals surface area contributed by atoms with Gasteiger partial charge >= 0.3 is 0 Å². The van der Waals surface area contributed by atoms with Crippen molar-refractivity contribution in [1.29, 1.82) is 5.26 Å². The maximum Gasteiger partial charge on any atom is 0.248 e. The standard InChI is InChI=1S/C14H25N3O2/c1-13(2,3)19-10-12(18)16-6-8-17(9-7-16)14(4,5)11-15/h6-10H2,1-5H3. The lowest BCUT2D eigenvalue weighted by Gasteiger charge is -2.40. The highest BCUT2D eigenvalue weighted by molar-refractivity contribution is 5.77. The Kier molecular flexibility index (Phi) is 4.94. The Hall–Kier alpha value is -1.12. The van der Waals surface area contributed by atoms with Gasteiger partial charge in [0.15, 0.2) is 0 Å². The van der Waals surface area contributed by atoms with Gasteiger partial charge in [-0.2, -0.15) is 5.26 Å². The number of nitriles is 1. The van der Waals surface area contributed by atoms with E-state index in [2.05, 4.69) is 11.0 Å². The monoisotopic (exact) mass is 267 g/mol. The highest BCUT2D eigenvalue weighted by Gasteiger charge is 2.31. The maximum absolute atomic E-state index is 12.0. The Labute approximate surface area is 116 Å². The number of hydrogen-bond acceptors (Lipinski definition) is 4. The van der Waals surface area contributed by atoms with Crippen molar-refractivity contribution in [2.24, 2.45) is 0 Å². The van der Waals surface area contributed by atoms with Crippen molar-refractivity contribution in [3.05, 3.63) is 0 Å². The molecule has 0 unspecified atom stereocenters. The van der Waals surface area contributed by atoms with Crippen molar-refractivity contribution < 1.29 is 9.53 Å². The molecule has 1 heterocycles. The van der Waals surface area contributed by atoms with E-state index in [0.29, 0.717) is 13.1 Å². The molecule has 0 aromatic carbocycles. The van der Waals surface area contributed by atoms with E-state index in [1.54, 1.807) is 0 Å². The summed E-state index contributed by atoms with van der Waals surface area (Å²) in [6.45, 7) is 12.6. The molecular weight excluding hydrogens is 242 g/mol. The fourth-order valence-corrected chi connectivity index (χ4v) is 1.96. The summed E-state index contributed by atoms with van der Waals surface area (Å²) in [5.41, 5.74) is -0.753. The summed E-state index contributed by atoms with van der Waals surface area (Å²) < 4.78 is 5.50. The van der Waals surface area contributed by atoms with Crippen LogP contribution in [0.2, 0.25) is 0 Å². The fraction of sp³-hybridized carbons (Fsp3) is 0.857. The minimum atomic E-state index is -0.461. The molecule has 1 fully saturated rings. The van der Waals surface area contributed by atoms with Crippen molar-refractivity contribution >= 4 is 5.91 Å². The van der Waals surface area contributed by atoms with E-state index in [-0.39, 0.29) is 18.1 Å². The van der Waals surface area contributed by atoms with Gasteiger partial charge < -0.3 is 9.64 Å². The van der Waals surface area contributed by atoms with E-state index in [1.165, 1.54) is 0 Å². The van der Waals surface area contributed by atoms with Crippen LogP contribution in [0, 0.1) is 11.3 Å². The second-order valence-corrected chi connectivity index (χ2v) is 6.44. The normalized spacial score (nSPS) is 18.2. The summed E-state index contributed by atoms with van der Waals surface area (Å²) in [6, 6.07) is 2.30. The van der Waals surface area contributed by atoms with Crippen LogP contribution in [0.15, 0.2) is 0 Å². The molecule has 5 heteroatoms. The lowest BCUT2D eigenvalue weighted by molar-refractivity contribution is -0.143. The average Bonchev–Trinajstić information content (AvgIpc) is 2.35. The molecule has 1 aliphatic heterocycles. The van der Waals surface area contributed by atoms with E-state index >= 15 is 0 Å². The van der Waals surface area contributed by atoms with Gasteiger partial charge in [0.25, 0.3) is 0 Å². The van der Waals surface area contributed by atoms with E-state index in [1.807, 2.05) is 39.5 Å². The van der Waals surface area contributed by atoms with Gasteiger partial charge in [-0.3, -0.25) is 9.69 Å². The molecule has 0 atom stereocenters. The number of rotatable bonds is 3. The van der Waals surface area contributed by atoms with Crippen molar-refractivity contribution in [2.75, 3.05) is 32.8 Å². The topological polar surface area (TPSA) is 56.6 Å². The van der Waals surface area contributed by atoms with Crippen LogP contribution in [0.5, 0.6) is 0 Å². The lowest BCUT2D eigenvalue weighted by Crippen LogP contribution is -2.55. The van der Waals surface area contributed by atoms with Crippen LogP contribution in [0.4, 0.5) is 0 Å². The molecule has 1 amide bonds. The Morgan fingerprint density at radius 1 is 1.16 bits per heavy atom. The number of carbonyl (C=O) groups is 1. The largest absolute Gasteiger partial charge is 0.366 e. The van der Waals surface area contributed by atoms with Crippen LogP contribution >= 0.6 is 0 Å². The third kappa shape index (κ3) is 4.81. The van der Waals surface area contributed by atoms with Gasteiger partial charge in [0, 0.05) is 26.2 Å². The van der Waals surface area contributed by atoms with Crippen LogP contribution in [0.1, 0.15) is 34.6 Å². The van der Waals surface area contributed by atoms with E-state index in [9.17, 15) is 4.79 Å². The van der Waals surface area contributed by atoms with E-state index < -0.39 is 5.54 Å². The predicted octanol–water partition coefficient (Wildman–Crippen LogP) is 1.25. The smallest absolute Gasteiger partial charge is 0.248 e. The van der Waals surface area contributed by atoms with Crippen molar-refractivity contribution in [3.8, 4) is 6.07 Å². The molecule has 0 spiro atoms. The molecule has 0 aromatic heterocycles. The van der Waals surface area contributed by atoms with Gasteiger partial charge in [0.2, 0.25) is 5.91 Å². The number of piperazine rings is 1. The molecule has 0 aromatic rings. The summed E-state index contributed by atoms with van der Waals surface area (Å²) >= 11 is 0. The van der Waals surface area contributed by atoms with E-state index in [0.717, 1.165) is 13.1 Å². The highest BCUT2D eigenvalue weighted by atomic mass is 16.5. The third-order valence-corrected chi connectivity index (χ3v) is 3.33. The lowest BCUT2D eigenvalue weighted by atomic mass is 10.0. The SMILES string of the molecule is CC(C)(C)OCC(=O)N1CCN(C(C)(C)C#N)CC1. The van der Waals surface area contributed by atoms with Gasteiger partial charge in [-0.05, 0) is 34.6 Å². The number of amides is 1. The minimum Gasteiger partial charge on any atom is -0.366 e. The van der Waals surface area contributed by atoms with Crippen molar-refractivity contribution in [1.82, 2.24) is 9.80 Å². The first-order valence-corrected chi connectivity index (χ1v) is 6.74. The minimum absolute atomic E-state index is 0.0318. The van der Waals surface area contributed by atoms with Gasteiger partial charge in [0.05, 0.1) is 11.7 Å². The summed E-state index contributed by atoms with van der Waals surface area (Å²) in [5, 5.41) is 9.10.